The van der Waals surface area contributed by atoms with Crippen LogP contribution in [0.5, 0.6) is 0 Å². The van der Waals surface area contributed by atoms with Crippen LogP contribution in [0.3, 0.4) is 0 Å². The van der Waals surface area contributed by atoms with Gasteiger partial charge in [-0.2, -0.15) is 5.10 Å². The summed E-state index contributed by atoms with van der Waals surface area (Å²) in [6.45, 7) is 1.15. The fraction of sp³-hybridized carbons (Fsp3) is 0.375. The van der Waals surface area contributed by atoms with Gasteiger partial charge < -0.3 is 5.73 Å². The first-order valence-electron chi connectivity index (χ1n) is 7.44. The average molecular weight is 320 g/mol. The maximum absolute atomic E-state index is 13.5. The molecule has 0 aliphatic carbocycles. The van der Waals surface area contributed by atoms with E-state index in [1.54, 1.807) is 27.9 Å². The fourth-order valence-electron chi connectivity index (χ4n) is 2.90. The first kappa shape index (κ1) is 15.6. The number of benzene rings is 1. The number of alkyl halides is 1. The molecule has 23 heavy (non-hydrogen) atoms. The molecule has 2 heterocycles. The quantitative estimate of drug-likeness (QED) is 0.907. The van der Waals surface area contributed by atoms with Gasteiger partial charge in [-0.25, -0.2) is 8.78 Å². The minimum Gasteiger partial charge on any atom is -0.368 e. The lowest BCUT2D eigenvalue weighted by molar-refractivity contribution is -0.122. The second kappa shape index (κ2) is 6.45. The van der Waals surface area contributed by atoms with Crippen LogP contribution in [0.4, 0.5) is 8.78 Å². The third kappa shape index (κ3) is 3.73. The van der Waals surface area contributed by atoms with Crippen molar-refractivity contribution in [3.05, 3.63) is 53.6 Å². The minimum atomic E-state index is -1.03. The average Bonchev–Trinajstić information content (AvgIpc) is 3.08. The van der Waals surface area contributed by atoms with Gasteiger partial charge in [-0.1, -0.05) is 12.1 Å². The first-order valence-corrected chi connectivity index (χ1v) is 7.44. The van der Waals surface area contributed by atoms with Gasteiger partial charge in [0.25, 0.3) is 0 Å². The van der Waals surface area contributed by atoms with Gasteiger partial charge in [0.1, 0.15) is 12.0 Å². The van der Waals surface area contributed by atoms with Gasteiger partial charge in [-0.05, 0) is 17.7 Å². The molecule has 1 aromatic heterocycles. The molecule has 2 aromatic rings. The summed E-state index contributed by atoms with van der Waals surface area (Å²) in [6.07, 6.45) is 2.65. The molecule has 2 atom stereocenters. The molecule has 0 spiro atoms. The number of hydrogen-bond donors (Lipinski definition) is 1. The first-order chi connectivity index (χ1) is 11.0. The molecule has 122 valence electrons. The molecule has 7 heteroatoms. The van der Waals surface area contributed by atoms with E-state index in [4.69, 9.17) is 5.73 Å². The van der Waals surface area contributed by atoms with Gasteiger partial charge in [-0.3, -0.25) is 14.4 Å². The van der Waals surface area contributed by atoms with Crippen molar-refractivity contribution in [2.24, 2.45) is 5.73 Å². The molecule has 5 nitrogen and oxygen atoms in total. The van der Waals surface area contributed by atoms with Gasteiger partial charge in [-0.15, -0.1) is 0 Å². The summed E-state index contributed by atoms with van der Waals surface area (Å²) in [5, 5.41) is 4.25. The van der Waals surface area contributed by atoms with Crippen LogP contribution in [0.2, 0.25) is 0 Å². The summed E-state index contributed by atoms with van der Waals surface area (Å²) in [4.78, 5) is 13.1. The molecule has 0 bridgehead atoms. The van der Waals surface area contributed by atoms with E-state index in [2.05, 4.69) is 5.10 Å². The van der Waals surface area contributed by atoms with Gasteiger partial charge in [0.05, 0.1) is 18.8 Å². The summed E-state index contributed by atoms with van der Waals surface area (Å²) in [5.41, 5.74) is 7.14. The van der Waals surface area contributed by atoms with E-state index in [0.717, 1.165) is 11.1 Å². The monoisotopic (exact) mass is 320 g/mol. The third-order valence-corrected chi connectivity index (χ3v) is 4.01. The lowest BCUT2D eigenvalue weighted by atomic mass is 10.2. The fourth-order valence-corrected chi connectivity index (χ4v) is 2.90. The lowest BCUT2D eigenvalue weighted by Gasteiger charge is -2.20. The van der Waals surface area contributed by atoms with E-state index < -0.39 is 18.1 Å². The van der Waals surface area contributed by atoms with E-state index in [1.807, 2.05) is 6.20 Å². The van der Waals surface area contributed by atoms with E-state index >= 15 is 0 Å². The number of amides is 1. The van der Waals surface area contributed by atoms with Crippen molar-refractivity contribution in [3.8, 4) is 0 Å². The van der Waals surface area contributed by atoms with Crippen molar-refractivity contribution in [2.45, 2.75) is 31.7 Å². The zero-order chi connectivity index (χ0) is 16.4. The number of rotatable bonds is 5. The molecule has 1 aromatic carbocycles. The van der Waals surface area contributed by atoms with Crippen molar-refractivity contribution >= 4 is 5.91 Å². The number of carbonyl (C=O) groups is 1. The van der Waals surface area contributed by atoms with Crippen molar-refractivity contribution in [1.82, 2.24) is 14.7 Å². The molecule has 1 amide bonds. The van der Waals surface area contributed by atoms with Crippen molar-refractivity contribution < 1.29 is 13.6 Å². The van der Waals surface area contributed by atoms with Gasteiger partial charge in [0.15, 0.2) is 0 Å². The Hall–Kier alpha value is -2.28. The SMILES string of the molecule is NC(=O)[C@@H]1C[C@@H](F)CN1Cc1cnn(Cc2ccc(F)cc2)c1. The van der Waals surface area contributed by atoms with Crippen LogP contribution in [-0.4, -0.2) is 39.3 Å². The van der Waals surface area contributed by atoms with E-state index in [0.29, 0.717) is 13.1 Å². The summed E-state index contributed by atoms with van der Waals surface area (Å²) >= 11 is 0. The number of likely N-dealkylation sites (tertiary alicyclic amines) is 1. The summed E-state index contributed by atoms with van der Waals surface area (Å²) in [5.74, 6) is -0.772. The summed E-state index contributed by atoms with van der Waals surface area (Å²) in [6, 6.07) is 5.65. The number of aromatic nitrogens is 2. The highest BCUT2D eigenvalue weighted by atomic mass is 19.1. The smallest absolute Gasteiger partial charge is 0.234 e. The zero-order valence-electron chi connectivity index (χ0n) is 12.5. The van der Waals surface area contributed by atoms with Gasteiger partial charge in [0, 0.05) is 31.3 Å². The van der Waals surface area contributed by atoms with E-state index in [-0.39, 0.29) is 18.8 Å². The highest BCUT2D eigenvalue weighted by Crippen LogP contribution is 2.22. The maximum Gasteiger partial charge on any atom is 0.234 e. The van der Waals surface area contributed by atoms with Crippen LogP contribution in [0.1, 0.15) is 17.5 Å². The highest BCUT2D eigenvalue weighted by Gasteiger charge is 2.35. The van der Waals surface area contributed by atoms with Crippen molar-refractivity contribution in [2.75, 3.05) is 6.54 Å². The molecule has 0 radical (unpaired) electrons. The second-order valence-corrected chi connectivity index (χ2v) is 5.85. The van der Waals surface area contributed by atoms with E-state index in [1.165, 1.54) is 12.1 Å². The van der Waals surface area contributed by atoms with Crippen LogP contribution in [0.25, 0.3) is 0 Å². The molecular weight excluding hydrogens is 302 g/mol. The Labute approximate surface area is 132 Å². The number of primary amides is 1. The Morgan fingerprint density at radius 2 is 2.00 bits per heavy atom. The van der Waals surface area contributed by atoms with Crippen molar-refractivity contribution in [3.63, 3.8) is 0 Å². The highest BCUT2D eigenvalue weighted by molar-refractivity contribution is 5.80. The molecule has 1 aliphatic heterocycles. The van der Waals surface area contributed by atoms with Crippen LogP contribution in [0, 0.1) is 5.82 Å². The minimum absolute atomic E-state index is 0.152. The Bertz CT molecular complexity index is 686. The van der Waals surface area contributed by atoms with Crippen LogP contribution in [0.15, 0.2) is 36.7 Å². The third-order valence-electron chi connectivity index (χ3n) is 4.01. The molecule has 0 unspecified atom stereocenters. The molecule has 1 saturated heterocycles. The number of nitrogens with two attached hydrogens (primary N) is 1. The predicted molar refractivity (Wildman–Crippen MR) is 80.6 cm³/mol. The van der Waals surface area contributed by atoms with Crippen molar-refractivity contribution in [1.29, 1.82) is 0 Å². The molecule has 0 saturated carbocycles. The molecular formula is C16H18F2N4O. The Balaban J connectivity index is 1.65. The second-order valence-electron chi connectivity index (χ2n) is 5.85. The Kier molecular flexibility index (Phi) is 4.38. The summed E-state index contributed by atoms with van der Waals surface area (Å²) < 4.78 is 28.1. The van der Waals surface area contributed by atoms with Gasteiger partial charge >= 0.3 is 0 Å². The number of hydrogen-bond acceptors (Lipinski definition) is 3. The molecule has 2 N–H and O–H groups in total. The standard InChI is InChI=1S/C16H18F2N4O/c17-13-3-1-11(2-4-13)8-22-9-12(6-20-22)7-21-10-14(18)5-15(21)16(19)23/h1-4,6,9,14-15H,5,7-8,10H2,(H2,19,23)/t14-,15+/m1/s1. The Morgan fingerprint density at radius 3 is 2.70 bits per heavy atom. The predicted octanol–water partition coefficient (Wildman–Crippen LogP) is 1.47. The topological polar surface area (TPSA) is 64.2 Å². The number of nitrogens with zero attached hydrogens (tertiary/aromatic N) is 3. The van der Waals surface area contributed by atoms with Crippen LogP contribution >= 0.6 is 0 Å². The van der Waals surface area contributed by atoms with Crippen LogP contribution < -0.4 is 5.73 Å². The summed E-state index contributed by atoms with van der Waals surface area (Å²) in [7, 11) is 0. The van der Waals surface area contributed by atoms with Gasteiger partial charge in [0.2, 0.25) is 5.91 Å². The normalized spacial score (nSPS) is 21.7. The van der Waals surface area contributed by atoms with Crippen LogP contribution in [-0.2, 0) is 17.9 Å². The maximum atomic E-state index is 13.5. The molecule has 1 fully saturated rings. The number of carbonyl (C=O) groups excluding carboxylic acids is 1. The van der Waals surface area contributed by atoms with E-state index in [9.17, 15) is 13.6 Å². The Morgan fingerprint density at radius 1 is 1.26 bits per heavy atom. The number of halogens is 2. The lowest BCUT2D eigenvalue weighted by Crippen LogP contribution is -2.39. The largest absolute Gasteiger partial charge is 0.368 e. The molecule has 3 rings (SSSR count). The zero-order valence-corrected chi connectivity index (χ0v) is 12.5. The molecule has 1 aliphatic rings.